The van der Waals surface area contributed by atoms with Crippen LogP contribution >= 0.6 is 0 Å². The van der Waals surface area contributed by atoms with Crippen LogP contribution in [0.1, 0.15) is 21.8 Å². The minimum Gasteiger partial charge on any atom is -0.361 e. The fourth-order valence-electron chi connectivity index (χ4n) is 1.57. The molecule has 0 aliphatic heterocycles. The highest BCUT2D eigenvalue weighted by molar-refractivity contribution is 7.89. The molecule has 0 aliphatic carbocycles. The molecule has 0 unspecified atom stereocenters. The van der Waals surface area contributed by atoms with Crippen molar-refractivity contribution in [2.45, 2.75) is 18.7 Å². The minimum absolute atomic E-state index is 0.0743. The lowest BCUT2D eigenvalue weighted by Gasteiger charge is -2.08. The number of amides is 1. The average Bonchev–Trinajstić information content (AvgIpc) is 2.77. The van der Waals surface area contributed by atoms with E-state index in [1.165, 1.54) is 18.2 Å². The zero-order valence-corrected chi connectivity index (χ0v) is 11.7. The first-order valence-corrected chi connectivity index (χ1v) is 7.20. The smallest absolute Gasteiger partial charge is 0.277 e. The average molecular weight is 295 g/mol. The number of carbonyl (C=O) groups is 1. The Balaban J connectivity index is 2.31. The van der Waals surface area contributed by atoms with Crippen molar-refractivity contribution in [3.05, 3.63) is 41.3 Å². The van der Waals surface area contributed by atoms with Gasteiger partial charge in [0.15, 0.2) is 5.69 Å². The Morgan fingerprint density at radius 1 is 1.30 bits per heavy atom. The molecular weight excluding hydrogens is 282 g/mol. The lowest BCUT2D eigenvalue weighted by Crippen LogP contribution is -2.16. The van der Waals surface area contributed by atoms with E-state index in [2.05, 4.69) is 10.5 Å². The zero-order valence-electron chi connectivity index (χ0n) is 10.9. The summed E-state index contributed by atoms with van der Waals surface area (Å²) < 4.78 is 27.4. The molecule has 0 radical (unpaired) electrons. The van der Waals surface area contributed by atoms with Crippen molar-refractivity contribution < 1.29 is 17.7 Å². The first-order valence-electron chi connectivity index (χ1n) is 5.65. The molecule has 0 spiro atoms. The van der Waals surface area contributed by atoms with E-state index in [4.69, 9.17) is 9.66 Å². The molecule has 2 rings (SSSR count). The Morgan fingerprint density at radius 3 is 2.55 bits per heavy atom. The highest BCUT2D eigenvalue weighted by Crippen LogP contribution is 2.20. The predicted molar refractivity (Wildman–Crippen MR) is 71.7 cm³/mol. The molecule has 0 fully saturated rings. The van der Waals surface area contributed by atoms with Crippen LogP contribution in [0.4, 0.5) is 5.69 Å². The summed E-state index contributed by atoms with van der Waals surface area (Å²) in [6, 6.07) is 5.72. The van der Waals surface area contributed by atoms with E-state index in [0.29, 0.717) is 17.0 Å². The van der Waals surface area contributed by atoms with E-state index in [1.54, 1.807) is 19.9 Å². The maximum absolute atomic E-state index is 11.9. The van der Waals surface area contributed by atoms with Crippen LogP contribution in [0.25, 0.3) is 0 Å². The third kappa shape index (κ3) is 3.03. The van der Waals surface area contributed by atoms with E-state index >= 15 is 0 Å². The summed E-state index contributed by atoms with van der Waals surface area (Å²) in [7, 11) is -3.82. The van der Waals surface area contributed by atoms with Gasteiger partial charge in [0.05, 0.1) is 4.90 Å². The van der Waals surface area contributed by atoms with Gasteiger partial charge in [-0.05, 0) is 31.5 Å². The molecule has 0 bridgehead atoms. The molecule has 3 N–H and O–H groups in total. The number of nitrogens with zero attached hydrogens (tertiary/aromatic N) is 1. The molecule has 7 nitrogen and oxygen atoms in total. The molecule has 0 aliphatic rings. The third-order valence-electron chi connectivity index (χ3n) is 2.65. The first-order chi connectivity index (χ1) is 9.27. The molecule has 1 amide bonds. The summed E-state index contributed by atoms with van der Waals surface area (Å²) in [6.07, 6.45) is 0. The molecule has 0 saturated carbocycles. The quantitative estimate of drug-likeness (QED) is 0.882. The van der Waals surface area contributed by atoms with Crippen molar-refractivity contribution in [2.75, 3.05) is 5.32 Å². The molecule has 2 aromatic rings. The van der Waals surface area contributed by atoms with Gasteiger partial charge in [0, 0.05) is 11.8 Å². The topological polar surface area (TPSA) is 115 Å². The number of nitrogens with one attached hydrogen (secondary N) is 1. The van der Waals surface area contributed by atoms with Gasteiger partial charge in [-0.2, -0.15) is 0 Å². The van der Waals surface area contributed by atoms with Gasteiger partial charge < -0.3 is 9.84 Å². The summed E-state index contributed by atoms with van der Waals surface area (Å²) in [6.45, 7) is 3.40. The number of rotatable bonds is 3. The monoisotopic (exact) mass is 295 g/mol. The van der Waals surface area contributed by atoms with Crippen molar-refractivity contribution in [1.29, 1.82) is 0 Å². The van der Waals surface area contributed by atoms with Crippen LogP contribution in [-0.4, -0.2) is 19.5 Å². The fourth-order valence-corrected chi connectivity index (χ4v) is 2.11. The lowest BCUT2D eigenvalue weighted by atomic mass is 10.2. The summed E-state index contributed by atoms with van der Waals surface area (Å²) in [5.41, 5.74) is 1.16. The highest BCUT2D eigenvalue weighted by atomic mass is 32.2. The lowest BCUT2D eigenvalue weighted by molar-refractivity contribution is 0.101. The van der Waals surface area contributed by atoms with Crippen molar-refractivity contribution in [3.8, 4) is 0 Å². The van der Waals surface area contributed by atoms with E-state index in [9.17, 15) is 13.2 Å². The second-order valence-electron chi connectivity index (χ2n) is 4.30. The second-order valence-corrected chi connectivity index (χ2v) is 5.86. The Bertz CT molecular complexity index is 765. The van der Waals surface area contributed by atoms with Gasteiger partial charge in [-0.1, -0.05) is 11.2 Å². The minimum atomic E-state index is -3.82. The molecule has 1 aromatic heterocycles. The predicted octanol–water partition coefficient (Wildman–Crippen LogP) is 1.19. The number of benzene rings is 1. The van der Waals surface area contributed by atoms with Gasteiger partial charge >= 0.3 is 0 Å². The number of hydrogen-bond donors (Lipinski definition) is 2. The van der Waals surface area contributed by atoms with Gasteiger partial charge in [-0.3, -0.25) is 4.79 Å². The van der Waals surface area contributed by atoms with Crippen LogP contribution in [0, 0.1) is 13.8 Å². The summed E-state index contributed by atoms with van der Waals surface area (Å²) in [5.74, 6) is 0.0154. The maximum Gasteiger partial charge on any atom is 0.277 e. The number of primary sulfonamides is 1. The maximum atomic E-state index is 11.9. The number of anilines is 1. The molecular formula is C12H13N3O4S. The number of aryl methyl sites for hydroxylation is 2. The van der Waals surface area contributed by atoms with E-state index in [-0.39, 0.29) is 10.6 Å². The fraction of sp³-hybridized carbons (Fsp3) is 0.167. The Hall–Kier alpha value is -2.19. The van der Waals surface area contributed by atoms with Crippen LogP contribution in [0.15, 0.2) is 33.7 Å². The second kappa shape index (κ2) is 5.06. The summed E-state index contributed by atoms with van der Waals surface area (Å²) in [4.78, 5) is 11.9. The zero-order chi connectivity index (χ0) is 14.9. The molecule has 1 heterocycles. The number of hydrogen-bond acceptors (Lipinski definition) is 5. The molecule has 0 atom stereocenters. The third-order valence-corrected chi connectivity index (χ3v) is 3.56. The number of aromatic nitrogens is 1. The molecule has 106 valence electrons. The standard InChI is InChI=1S/C12H13N3O4S/c1-7-3-4-9(20(13,17)18)6-10(7)14-12(16)11-5-8(2)19-15-11/h3-6H,1-2H3,(H,14,16)(H2,13,17,18). The van der Waals surface area contributed by atoms with E-state index in [1.807, 2.05) is 0 Å². The van der Waals surface area contributed by atoms with E-state index < -0.39 is 15.9 Å². The van der Waals surface area contributed by atoms with Crippen LogP contribution in [0.3, 0.4) is 0 Å². The van der Waals surface area contributed by atoms with Crippen molar-refractivity contribution in [3.63, 3.8) is 0 Å². The Kier molecular flexibility index (Phi) is 3.60. The SMILES string of the molecule is Cc1cc(C(=O)Nc2cc(S(N)(=O)=O)ccc2C)no1. The van der Waals surface area contributed by atoms with Crippen molar-refractivity contribution >= 4 is 21.6 Å². The van der Waals surface area contributed by atoms with Gasteiger partial charge in [0.1, 0.15) is 5.76 Å². The molecule has 1 aromatic carbocycles. The Morgan fingerprint density at radius 2 is 2.00 bits per heavy atom. The van der Waals surface area contributed by atoms with Gasteiger partial charge in [-0.25, -0.2) is 13.6 Å². The first kappa shape index (κ1) is 14.2. The van der Waals surface area contributed by atoms with Gasteiger partial charge in [-0.15, -0.1) is 0 Å². The largest absolute Gasteiger partial charge is 0.361 e. The number of sulfonamides is 1. The molecule has 8 heteroatoms. The van der Waals surface area contributed by atoms with Crippen LogP contribution in [0.2, 0.25) is 0 Å². The van der Waals surface area contributed by atoms with Crippen LogP contribution in [0.5, 0.6) is 0 Å². The summed E-state index contributed by atoms with van der Waals surface area (Å²) >= 11 is 0. The number of carbonyl (C=O) groups excluding carboxylic acids is 1. The highest BCUT2D eigenvalue weighted by Gasteiger charge is 2.15. The van der Waals surface area contributed by atoms with Gasteiger partial charge in [0.25, 0.3) is 5.91 Å². The van der Waals surface area contributed by atoms with Crippen molar-refractivity contribution in [1.82, 2.24) is 5.16 Å². The summed E-state index contributed by atoms with van der Waals surface area (Å²) in [5, 5.41) is 11.2. The molecule has 0 saturated heterocycles. The van der Waals surface area contributed by atoms with E-state index in [0.717, 1.165) is 0 Å². The normalized spacial score (nSPS) is 11.3. The van der Waals surface area contributed by atoms with Crippen LogP contribution < -0.4 is 10.5 Å². The molecule has 20 heavy (non-hydrogen) atoms. The number of nitrogens with two attached hydrogens (primary N) is 1. The van der Waals surface area contributed by atoms with Crippen LogP contribution in [-0.2, 0) is 10.0 Å². The Labute approximate surface area is 115 Å². The van der Waals surface area contributed by atoms with Crippen molar-refractivity contribution in [2.24, 2.45) is 5.14 Å². The van der Waals surface area contributed by atoms with Gasteiger partial charge in [0.2, 0.25) is 10.0 Å².